The van der Waals surface area contributed by atoms with Crippen LogP contribution in [0.2, 0.25) is 0 Å². The third-order valence-corrected chi connectivity index (χ3v) is 3.86. The number of hydrazine groups is 1. The molecule has 3 nitrogen and oxygen atoms in total. The number of rotatable bonds is 5. The maximum Gasteiger partial charge on any atom is 0.131 e. The molecule has 1 aromatic rings. The molecule has 1 fully saturated rings. The molecule has 2 rings (SSSR count). The van der Waals surface area contributed by atoms with Gasteiger partial charge in [0.05, 0.1) is 11.6 Å². The summed E-state index contributed by atoms with van der Waals surface area (Å²) in [4.78, 5) is 0. The van der Waals surface area contributed by atoms with Gasteiger partial charge in [0, 0.05) is 12.2 Å². The van der Waals surface area contributed by atoms with E-state index in [-0.39, 0.29) is 5.56 Å². The molecule has 19 heavy (non-hydrogen) atoms. The van der Waals surface area contributed by atoms with Crippen LogP contribution in [0.4, 0.5) is 8.78 Å². The molecule has 1 aromatic carbocycles. The summed E-state index contributed by atoms with van der Waals surface area (Å²) < 4.78 is 33.8. The predicted octanol–water partition coefficient (Wildman–Crippen LogP) is 2.82. The average Bonchev–Trinajstić information content (AvgIpc) is 2.84. The maximum absolute atomic E-state index is 14.0. The minimum atomic E-state index is -0.670. The Morgan fingerprint density at radius 3 is 2.37 bits per heavy atom. The fourth-order valence-electron chi connectivity index (χ4n) is 3.06. The fourth-order valence-corrected chi connectivity index (χ4v) is 3.06. The Morgan fingerprint density at radius 1 is 1.32 bits per heavy atom. The highest BCUT2D eigenvalue weighted by atomic mass is 19.1. The van der Waals surface area contributed by atoms with Crippen LogP contribution in [0.3, 0.4) is 0 Å². The van der Waals surface area contributed by atoms with Crippen molar-refractivity contribution in [2.45, 2.75) is 44.2 Å². The Hall–Kier alpha value is -1.04. The average molecular weight is 270 g/mol. The van der Waals surface area contributed by atoms with Crippen LogP contribution in [0, 0.1) is 11.6 Å². The van der Waals surface area contributed by atoms with Gasteiger partial charge >= 0.3 is 0 Å². The minimum absolute atomic E-state index is 0.0275. The molecule has 0 amide bonds. The first-order valence-electron chi connectivity index (χ1n) is 6.68. The monoisotopic (exact) mass is 270 g/mol. The van der Waals surface area contributed by atoms with Crippen LogP contribution in [0.5, 0.6) is 0 Å². The highest BCUT2D eigenvalue weighted by molar-refractivity contribution is 5.26. The third-order valence-electron chi connectivity index (χ3n) is 3.86. The lowest BCUT2D eigenvalue weighted by molar-refractivity contribution is -0.0642. The van der Waals surface area contributed by atoms with Crippen LogP contribution in [-0.2, 0) is 4.74 Å². The van der Waals surface area contributed by atoms with E-state index in [0.29, 0.717) is 6.61 Å². The van der Waals surface area contributed by atoms with Crippen molar-refractivity contribution in [3.05, 3.63) is 35.4 Å². The van der Waals surface area contributed by atoms with Gasteiger partial charge in [-0.3, -0.25) is 5.84 Å². The summed E-state index contributed by atoms with van der Waals surface area (Å²) in [6, 6.07) is 3.18. The van der Waals surface area contributed by atoms with E-state index in [9.17, 15) is 8.78 Å². The lowest BCUT2D eigenvalue weighted by Gasteiger charge is -2.37. The Morgan fingerprint density at radius 2 is 1.89 bits per heavy atom. The van der Waals surface area contributed by atoms with E-state index >= 15 is 0 Å². The Balaban J connectivity index is 2.43. The summed E-state index contributed by atoms with van der Waals surface area (Å²) in [5.41, 5.74) is 1.92. The van der Waals surface area contributed by atoms with Crippen LogP contribution >= 0.6 is 0 Å². The van der Waals surface area contributed by atoms with Crippen molar-refractivity contribution in [3.8, 4) is 0 Å². The predicted molar refractivity (Wildman–Crippen MR) is 69.2 cm³/mol. The van der Waals surface area contributed by atoms with E-state index in [0.717, 1.165) is 25.7 Å². The van der Waals surface area contributed by atoms with Gasteiger partial charge in [-0.1, -0.05) is 18.9 Å². The van der Waals surface area contributed by atoms with Gasteiger partial charge in [0.1, 0.15) is 11.6 Å². The molecule has 1 aliphatic carbocycles. The number of hydrogen-bond acceptors (Lipinski definition) is 3. The number of benzene rings is 1. The lowest BCUT2D eigenvalue weighted by Crippen LogP contribution is -2.47. The summed E-state index contributed by atoms with van der Waals surface area (Å²) in [6.07, 6.45) is 3.47. The van der Waals surface area contributed by atoms with Gasteiger partial charge in [-0.15, -0.1) is 0 Å². The first-order chi connectivity index (χ1) is 9.14. The second-order valence-electron chi connectivity index (χ2n) is 4.94. The second kappa shape index (κ2) is 5.94. The van der Waals surface area contributed by atoms with Crippen LogP contribution in [-0.4, -0.2) is 12.2 Å². The van der Waals surface area contributed by atoms with Gasteiger partial charge in [-0.2, -0.15) is 0 Å². The van der Waals surface area contributed by atoms with E-state index in [1.54, 1.807) is 0 Å². The molecule has 5 heteroatoms. The molecular weight excluding hydrogens is 250 g/mol. The van der Waals surface area contributed by atoms with Gasteiger partial charge in [0.15, 0.2) is 0 Å². The third kappa shape index (κ3) is 2.63. The summed E-state index contributed by atoms with van der Waals surface area (Å²) in [5.74, 6) is 4.40. The van der Waals surface area contributed by atoms with E-state index in [1.807, 2.05) is 6.92 Å². The van der Waals surface area contributed by atoms with Crippen LogP contribution in [0.25, 0.3) is 0 Å². The van der Waals surface area contributed by atoms with Crippen LogP contribution in [0.1, 0.15) is 44.2 Å². The zero-order valence-corrected chi connectivity index (χ0v) is 11.1. The molecular formula is C14H20F2N2O. The van der Waals surface area contributed by atoms with E-state index in [1.165, 1.54) is 18.2 Å². The molecule has 0 saturated heterocycles. The molecule has 1 atom stereocenters. The fraction of sp³-hybridized carbons (Fsp3) is 0.571. The zero-order chi connectivity index (χ0) is 13.9. The highest BCUT2D eigenvalue weighted by Crippen LogP contribution is 2.43. The van der Waals surface area contributed by atoms with Gasteiger partial charge in [0.2, 0.25) is 0 Å². The number of ether oxygens (including phenoxy) is 1. The van der Waals surface area contributed by atoms with Crippen molar-refractivity contribution in [3.63, 3.8) is 0 Å². The van der Waals surface area contributed by atoms with Crippen molar-refractivity contribution in [2.24, 2.45) is 5.84 Å². The topological polar surface area (TPSA) is 47.3 Å². The molecule has 1 saturated carbocycles. The molecule has 0 bridgehead atoms. The van der Waals surface area contributed by atoms with Gasteiger partial charge in [-0.05, 0) is 31.9 Å². The molecule has 1 unspecified atom stereocenters. The van der Waals surface area contributed by atoms with Crippen molar-refractivity contribution in [1.82, 2.24) is 5.43 Å². The largest absolute Gasteiger partial charge is 0.373 e. The smallest absolute Gasteiger partial charge is 0.131 e. The van der Waals surface area contributed by atoms with E-state index < -0.39 is 23.3 Å². The van der Waals surface area contributed by atoms with Crippen molar-refractivity contribution < 1.29 is 13.5 Å². The molecule has 3 N–H and O–H groups in total. The maximum atomic E-state index is 14.0. The number of nitrogens with two attached hydrogens (primary N) is 1. The number of nitrogens with one attached hydrogen (secondary N) is 1. The first-order valence-corrected chi connectivity index (χ1v) is 6.68. The Bertz CT molecular complexity index is 413. The molecule has 0 aliphatic heterocycles. The lowest BCUT2D eigenvalue weighted by atomic mass is 9.86. The number of hydrogen-bond donors (Lipinski definition) is 2. The number of halogens is 2. The molecule has 106 valence electrons. The standard InChI is InChI=1S/C14H20F2N2O/c1-2-19-14(8-3-4-9-14)13(18-17)12-10(15)6-5-7-11(12)16/h5-7,13,18H,2-4,8-9,17H2,1H3. The van der Waals surface area contributed by atoms with E-state index in [2.05, 4.69) is 5.43 Å². The summed E-state index contributed by atoms with van der Waals surface area (Å²) in [6.45, 7) is 2.37. The summed E-state index contributed by atoms with van der Waals surface area (Å²) >= 11 is 0. The zero-order valence-electron chi connectivity index (χ0n) is 11.1. The van der Waals surface area contributed by atoms with Gasteiger partial charge in [-0.25, -0.2) is 14.2 Å². The van der Waals surface area contributed by atoms with Gasteiger partial charge < -0.3 is 4.74 Å². The molecule has 0 aromatic heterocycles. The SMILES string of the molecule is CCOC1(C(NN)c2c(F)cccc2F)CCCC1. The van der Waals surface area contributed by atoms with Crippen LogP contribution < -0.4 is 11.3 Å². The molecule has 0 radical (unpaired) electrons. The van der Waals surface area contributed by atoms with Crippen LogP contribution in [0.15, 0.2) is 18.2 Å². The molecule has 0 spiro atoms. The van der Waals surface area contributed by atoms with Crippen molar-refractivity contribution in [2.75, 3.05) is 6.61 Å². The Kier molecular flexibility index (Phi) is 4.50. The summed E-state index contributed by atoms with van der Waals surface area (Å²) in [5, 5.41) is 0. The second-order valence-corrected chi connectivity index (χ2v) is 4.94. The van der Waals surface area contributed by atoms with Crippen molar-refractivity contribution >= 4 is 0 Å². The first kappa shape index (κ1) is 14.4. The summed E-state index contributed by atoms with van der Waals surface area (Å²) in [7, 11) is 0. The Labute approximate surface area is 112 Å². The normalized spacial score (nSPS) is 19.6. The minimum Gasteiger partial charge on any atom is -0.373 e. The highest BCUT2D eigenvalue weighted by Gasteiger charge is 2.44. The molecule has 0 heterocycles. The van der Waals surface area contributed by atoms with E-state index in [4.69, 9.17) is 10.6 Å². The van der Waals surface area contributed by atoms with Crippen molar-refractivity contribution in [1.29, 1.82) is 0 Å². The molecule has 1 aliphatic rings. The quantitative estimate of drug-likeness (QED) is 0.639. The van der Waals surface area contributed by atoms with Gasteiger partial charge in [0.25, 0.3) is 0 Å².